The van der Waals surface area contributed by atoms with E-state index in [4.69, 9.17) is 42.1 Å². The summed E-state index contributed by atoms with van der Waals surface area (Å²) in [7, 11) is 3.11. The van der Waals surface area contributed by atoms with Crippen LogP contribution in [0.1, 0.15) is 56.2 Å². The first kappa shape index (κ1) is 35.2. The number of esters is 2. The van der Waals surface area contributed by atoms with Gasteiger partial charge in [0.25, 0.3) is 0 Å². The molecule has 0 amide bonds. The van der Waals surface area contributed by atoms with Crippen LogP contribution in [0.3, 0.4) is 0 Å². The number of nitrogens with one attached hydrogen (secondary N) is 2. The Bertz CT molecular complexity index is 1730. The van der Waals surface area contributed by atoms with Crippen molar-refractivity contribution >= 4 is 46.5 Å². The summed E-state index contributed by atoms with van der Waals surface area (Å²) in [5, 5.41) is 4.28. The molecule has 2 aromatic heterocycles. The minimum atomic E-state index is -0.717. The Hall–Kier alpha value is -3.67. The van der Waals surface area contributed by atoms with E-state index in [-0.39, 0.29) is 18.5 Å². The first-order chi connectivity index (χ1) is 23.8. The summed E-state index contributed by atoms with van der Waals surface area (Å²) in [5.74, 6) is 0.772. The van der Waals surface area contributed by atoms with Crippen molar-refractivity contribution in [3.63, 3.8) is 0 Å². The van der Waals surface area contributed by atoms with Crippen LogP contribution in [-0.4, -0.2) is 63.3 Å². The van der Waals surface area contributed by atoms with E-state index in [9.17, 15) is 9.59 Å². The molecule has 258 valence electrons. The van der Waals surface area contributed by atoms with Crippen LogP contribution in [0.2, 0.25) is 10.0 Å². The van der Waals surface area contributed by atoms with Crippen LogP contribution in [0.15, 0.2) is 73.1 Å². The molecule has 0 radical (unpaired) electrons. The number of piperidine rings is 3. The van der Waals surface area contributed by atoms with E-state index in [1.807, 2.05) is 42.5 Å². The van der Waals surface area contributed by atoms with E-state index in [1.165, 1.54) is 11.3 Å². The topological polar surface area (TPSA) is 100 Å². The number of benzene rings is 2. The lowest BCUT2D eigenvalue weighted by molar-refractivity contribution is -0.377. The molecule has 49 heavy (non-hydrogen) atoms. The second kappa shape index (κ2) is 16.4. The summed E-state index contributed by atoms with van der Waals surface area (Å²) in [6.07, 6.45) is 5.49. The number of nitrogens with zero attached hydrogens (tertiary/aromatic N) is 1. The zero-order valence-corrected chi connectivity index (χ0v) is 29.8. The van der Waals surface area contributed by atoms with Crippen molar-refractivity contribution in [3.05, 3.63) is 110 Å². The number of ether oxygens (including phenoxy) is 4. The van der Waals surface area contributed by atoms with Gasteiger partial charge in [0.05, 0.1) is 14.2 Å². The number of hydrogen-bond acceptors (Lipinski definition) is 9. The zero-order valence-electron chi connectivity index (χ0n) is 27.5. The second-order valence-corrected chi connectivity index (χ2v) is 14.3. The first-order valence-electron chi connectivity index (χ1n) is 16.4. The number of fused-ring (bicyclic) bond motifs is 3. The van der Waals surface area contributed by atoms with Crippen molar-refractivity contribution in [1.82, 2.24) is 10.2 Å². The smallest absolute Gasteiger partial charge is 0.348 e. The highest BCUT2D eigenvalue weighted by Crippen LogP contribution is 2.36. The van der Waals surface area contributed by atoms with Gasteiger partial charge in [-0.25, -0.2) is 14.6 Å². The summed E-state index contributed by atoms with van der Waals surface area (Å²) in [5.41, 5.74) is 2.21. The molecule has 2 aromatic carbocycles. The number of pyridine rings is 1. The molecular weight excluding hydrogens is 685 g/mol. The number of H-pyrrole nitrogens is 1. The lowest BCUT2D eigenvalue weighted by atomic mass is 9.86. The van der Waals surface area contributed by atoms with Crippen molar-refractivity contribution in [2.75, 3.05) is 40.4 Å². The Labute approximate surface area is 300 Å². The van der Waals surface area contributed by atoms with Gasteiger partial charge in [-0.3, -0.25) is 4.90 Å². The number of aromatic amines is 1. The minimum Gasteiger partial charge on any atom is -0.493 e. The molecule has 3 fully saturated rings. The standard InChI is InChI=1S/C37H39Cl2N3O6S/c1-45-30-10-8-25(18-32(30)46-2)31(19-27-28(38)20-40-21-29(27)39)47-36(43)34-11-9-26(49-34)12-15-41-35(24-6-4-3-5-7-24)37(44)48-33-22-42-16-13-23(33)14-17-42/h3-11,18,20-21,23,31,33,35,41H,12-17,19,22H2,1-2H3/p+1/t31-,33-,35?/m0/s1. The second-order valence-electron chi connectivity index (χ2n) is 12.3. The van der Waals surface area contributed by atoms with Gasteiger partial charge in [0.2, 0.25) is 0 Å². The zero-order chi connectivity index (χ0) is 34.3. The molecule has 3 atom stereocenters. The molecule has 9 nitrogen and oxygen atoms in total. The van der Waals surface area contributed by atoms with Gasteiger partial charge in [-0.15, -0.1) is 11.3 Å². The van der Waals surface area contributed by atoms with Crippen LogP contribution in [-0.2, 0) is 27.1 Å². The van der Waals surface area contributed by atoms with Gasteiger partial charge in [0.15, 0.2) is 23.9 Å². The molecule has 0 aliphatic carbocycles. The first-order valence-corrected chi connectivity index (χ1v) is 18.0. The lowest BCUT2D eigenvalue weighted by Crippen LogP contribution is -2.52. The largest absolute Gasteiger partial charge is 0.493 e. The van der Waals surface area contributed by atoms with Crippen LogP contribution in [0, 0.1) is 5.92 Å². The number of carbonyl (C=O) groups is 2. The molecule has 7 rings (SSSR count). The SMILES string of the molecule is COc1ccc([C@H](Cc2c(Cl)c[nH+]cc2Cl)OC(=O)c2ccc(CCNC(C(=O)O[C@H]3CN4CCC3CC4)c3ccccc3)s2)cc1OC. The number of methoxy groups -OCH3 is 2. The van der Waals surface area contributed by atoms with Crippen LogP contribution < -0.4 is 19.8 Å². The minimum absolute atomic E-state index is 0.0658. The molecule has 2 N–H and O–H groups in total. The molecular formula is C37H40Cl2N3O6S+. The number of hydrogen-bond donors (Lipinski definition) is 1. The van der Waals surface area contributed by atoms with Crippen LogP contribution in [0.4, 0.5) is 0 Å². The van der Waals surface area contributed by atoms with E-state index >= 15 is 0 Å². The van der Waals surface area contributed by atoms with Crippen molar-refractivity contribution in [3.8, 4) is 11.5 Å². The fraction of sp³-hybridized carbons (Fsp3) is 0.378. The molecule has 2 bridgehead atoms. The Balaban J connectivity index is 1.12. The Morgan fingerprint density at radius 3 is 2.37 bits per heavy atom. The Morgan fingerprint density at radius 2 is 1.69 bits per heavy atom. The lowest BCUT2D eigenvalue weighted by Gasteiger charge is -2.44. The van der Waals surface area contributed by atoms with Gasteiger partial charge >= 0.3 is 11.9 Å². The molecule has 3 aliphatic rings. The van der Waals surface area contributed by atoms with Crippen molar-refractivity contribution in [1.29, 1.82) is 0 Å². The molecule has 0 spiro atoms. The van der Waals surface area contributed by atoms with Gasteiger partial charge in [0.1, 0.15) is 33.2 Å². The highest BCUT2D eigenvalue weighted by atomic mass is 35.5. The highest BCUT2D eigenvalue weighted by molar-refractivity contribution is 7.13. The van der Waals surface area contributed by atoms with Crippen LogP contribution >= 0.6 is 34.5 Å². The number of carbonyl (C=O) groups excluding carboxylic acids is 2. The molecule has 3 aliphatic heterocycles. The number of aromatic nitrogens is 1. The van der Waals surface area contributed by atoms with Gasteiger partial charge in [-0.05, 0) is 73.7 Å². The van der Waals surface area contributed by atoms with Crippen molar-refractivity contribution in [2.45, 2.75) is 43.9 Å². The average Bonchev–Trinajstić information content (AvgIpc) is 3.61. The van der Waals surface area contributed by atoms with E-state index in [1.54, 1.807) is 44.8 Å². The van der Waals surface area contributed by atoms with Gasteiger partial charge in [-0.2, -0.15) is 0 Å². The van der Waals surface area contributed by atoms with E-state index in [0.717, 1.165) is 42.9 Å². The molecule has 12 heteroatoms. The predicted octanol–water partition coefficient (Wildman–Crippen LogP) is 6.54. The summed E-state index contributed by atoms with van der Waals surface area (Å²) in [6, 6.07) is 18.1. The monoisotopic (exact) mass is 724 g/mol. The van der Waals surface area contributed by atoms with E-state index in [2.05, 4.69) is 15.2 Å². The Kier molecular flexibility index (Phi) is 11.7. The highest BCUT2D eigenvalue weighted by Gasteiger charge is 2.38. The van der Waals surface area contributed by atoms with Crippen LogP contribution in [0.5, 0.6) is 11.5 Å². The van der Waals surface area contributed by atoms with Gasteiger partial charge < -0.3 is 24.3 Å². The quantitative estimate of drug-likeness (QED) is 0.147. The third-order valence-corrected chi connectivity index (χ3v) is 11.0. The third-order valence-electron chi connectivity index (χ3n) is 9.23. The molecule has 0 saturated carbocycles. The van der Waals surface area contributed by atoms with Crippen molar-refractivity contribution in [2.24, 2.45) is 5.92 Å². The maximum atomic E-state index is 13.6. The van der Waals surface area contributed by atoms with Gasteiger partial charge in [0, 0.05) is 30.0 Å². The summed E-state index contributed by atoms with van der Waals surface area (Å²) in [4.78, 5) is 33.8. The van der Waals surface area contributed by atoms with E-state index in [0.29, 0.717) is 56.4 Å². The summed E-state index contributed by atoms with van der Waals surface area (Å²) >= 11 is 14.3. The average molecular weight is 726 g/mol. The molecule has 1 unspecified atom stereocenters. The summed E-state index contributed by atoms with van der Waals surface area (Å²) in [6.45, 7) is 3.49. The maximum Gasteiger partial charge on any atom is 0.348 e. The molecule has 5 heterocycles. The third kappa shape index (κ3) is 8.56. The van der Waals surface area contributed by atoms with Crippen LogP contribution in [0.25, 0.3) is 0 Å². The molecule has 4 aromatic rings. The summed E-state index contributed by atoms with van der Waals surface area (Å²) < 4.78 is 23.1. The van der Waals surface area contributed by atoms with Gasteiger partial charge in [-0.1, -0.05) is 59.6 Å². The fourth-order valence-corrected chi connectivity index (χ4v) is 7.95. The van der Waals surface area contributed by atoms with E-state index < -0.39 is 18.1 Å². The predicted molar refractivity (Wildman–Crippen MR) is 189 cm³/mol. The van der Waals surface area contributed by atoms with Crippen molar-refractivity contribution < 1.29 is 33.5 Å². The number of halogens is 2. The normalized spacial score (nSPS) is 19.6. The fourth-order valence-electron chi connectivity index (χ4n) is 6.53. The maximum absolute atomic E-state index is 13.6. The number of thiophene rings is 1. The number of rotatable bonds is 14. The molecule has 3 saturated heterocycles. The Morgan fingerprint density at radius 1 is 0.959 bits per heavy atom.